The fraction of sp³-hybridized carbons (Fsp3) is 0.545. The first-order chi connectivity index (χ1) is 8.51. The van der Waals surface area contributed by atoms with Gasteiger partial charge in [-0.15, -0.1) is 35.3 Å². The van der Waals surface area contributed by atoms with Gasteiger partial charge in [-0.2, -0.15) is 0 Å². The van der Waals surface area contributed by atoms with Gasteiger partial charge in [0.25, 0.3) is 0 Å². The summed E-state index contributed by atoms with van der Waals surface area (Å²) < 4.78 is 23.7. The van der Waals surface area contributed by atoms with Gasteiger partial charge in [0.05, 0.1) is 12.3 Å². The van der Waals surface area contributed by atoms with Gasteiger partial charge in [0.15, 0.2) is 15.8 Å². The van der Waals surface area contributed by atoms with Crippen molar-refractivity contribution in [3.05, 3.63) is 17.0 Å². The van der Waals surface area contributed by atoms with E-state index < -0.39 is 9.84 Å². The van der Waals surface area contributed by atoms with Crippen LogP contribution in [0.5, 0.6) is 0 Å². The van der Waals surface area contributed by atoms with Crippen LogP contribution in [0, 0.1) is 0 Å². The molecule has 1 aromatic heterocycles. The monoisotopic (exact) mass is 415 g/mol. The number of rotatable bonds is 5. The largest absolute Gasteiger partial charge is 0.370 e. The molecule has 0 radical (unpaired) electrons. The van der Waals surface area contributed by atoms with E-state index in [1.807, 2.05) is 0 Å². The van der Waals surface area contributed by atoms with Gasteiger partial charge >= 0.3 is 0 Å². The first kappa shape index (κ1) is 16.7. The topological polar surface area (TPSA) is 84.5 Å². The Morgan fingerprint density at radius 3 is 2.79 bits per heavy atom. The second-order valence-corrected chi connectivity index (χ2v) is 7.92. The summed E-state index contributed by atoms with van der Waals surface area (Å²) >= 11 is 1.26. The highest BCUT2D eigenvalue weighted by Gasteiger charge is 2.21. The van der Waals surface area contributed by atoms with Crippen molar-refractivity contribution < 1.29 is 8.42 Å². The minimum Gasteiger partial charge on any atom is -0.370 e. The molecule has 0 spiro atoms. The first-order valence-corrected chi connectivity index (χ1v) is 8.36. The van der Waals surface area contributed by atoms with Crippen LogP contribution >= 0.6 is 35.3 Å². The van der Waals surface area contributed by atoms with Gasteiger partial charge in [-0.05, 0) is 25.0 Å². The van der Waals surface area contributed by atoms with E-state index in [1.54, 1.807) is 19.1 Å². The van der Waals surface area contributed by atoms with Crippen LogP contribution in [0.15, 0.2) is 21.3 Å². The number of hydrogen-bond donors (Lipinski definition) is 2. The number of sulfone groups is 1. The Hall–Kier alpha value is -0.350. The molecule has 1 saturated carbocycles. The maximum absolute atomic E-state index is 11.6. The van der Waals surface area contributed by atoms with E-state index in [9.17, 15) is 8.42 Å². The van der Waals surface area contributed by atoms with Gasteiger partial charge in [-0.25, -0.2) is 13.4 Å². The van der Waals surface area contributed by atoms with Crippen LogP contribution in [0.25, 0.3) is 0 Å². The molecule has 0 saturated heterocycles. The molecule has 3 N–H and O–H groups in total. The van der Waals surface area contributed by atoms with Crippen molar-refractivity contribution in [2.45, 2.75) is 36.6 Å². The molecule has 108 valence electrons. The zero-order valence-electron chi connectivity index (χ0n) is 10.6. The Morgan fingerprint density at radius 1 is 1.53 bits per heavy atom. The molecule has 0 aliphatic heterocycles. The Morgan fingerprint density at radius 2 is 2.21 bits per heavy atom. The maximum atomic E-state index is 11.6. The number of guanidine groups is 1. The minimum absolute atomic E-state index is 0. The Kier molecular flexibility index (Phi) is 6.06. The molecule has 5 nitrogen and oxygen atoms in total. The summed E-state index contributed by atoms with van der Waals surface area (Å²) in [6.45, 7) is 2.07. The third kappa shape index (κ3) is 4.92. The third-order valence-corrected chi connectivity index (χ3v) is 6.04. The predicted octanol–water partition coefficient (Wildman–Crippen LogP) is 1.73. The van der Waals surface area contributed by atoms with Gasteiger partial charge in [0.1, 0.15) is 4.21 Å². The highest BCUT2D eigenvalue weighted by molar-refractivity contribution is 14.0. The summed E-state index contributed by atoms with van der Waals surface area (Å²) in [6, 6.07) is 3.91. The van der Waals surface area contributed by atoms with E-state index in [0.29, 0.717) is 22.8 Å². The molecular formula is C11H18IN3O2S2. The number of hydrogen-bond acceptors (Lipinski definition) is 4. The van der Waals surface area contributed by atoms with E-state index in [0.717, 1.165) is 17.7 Å². The summed E-state index contributed by atoms with van der Waals surface area (Å²) in [5, 5.41) is 3.09. The molecule has 0 amide bonds. The van der Waals surface area contributed by atoms with Gasteiger partial charge < -0.3 is 11.1 Å². The maximum Gasteiger partial charge on any atom is 0.189 e. The molecule has 0 unspecified atom stereocenters. The summed E-state index contributed by atoms with van der Waals surface area (Å²) in [6.07, 6.45) is 2.29. The minimum atomic E-state index is -3.10. The average Bonchev–Trinajstić information content (AvgIpc) is 3.01. The van der Waals surface area contributed by atoms with Crippen molar-refractivity contribution in [2.75, 3.05) is 5.75 Å². The second-order valence-electron chi connectivity index (χ2n) is 4.24. The summed E-state index contributed by atoms with van der Waals surface area (Å²) in [7, 11) is -3.10. The van der Waals surface area contributed by atoms with Crippen molar-refractivity contribution in [3.8, 4) is 0 Å². The molecule has 8 heteroatoms. The van der Waals surface area contributed by atoms with Crippen LogP contribution in [-0.2, 0) is 16.4 Å². The Balaban J connectivity index is 0.00000180. The van der Waals surface area contributed by atoms with Crippen LogP contribution in [0.3, 0.4) is 0 Å². The van der Waals surface area contributed by atoms with Gasteiger partial charge in [0, 0.05) is 10.9 Å². The second kappa shape index (κ2) is 6.89. The number of halogens is 1. The standard InChI is InChI=1S/C11H17N3O2S2.HI/c1-2-18(15,16)10-6-5-9(17-10)7-13-11(12)14-8-3-4-8;/h5-6,8H,2-4,7H2,1H3,(H3,12,13,14);1H. The molecule has 2 rings (SSSR count). The van der Waals surface area contributed by atoms with Gasteiger partial charge in [-0.3, -0.25) is 0 Å². The van der Waals surface area contributed by atoms with Crippen molar-refractivity contribution in [3.63, 3.8) is 0 Å². The van der Waals surface area contributed by atoms with Crippen LogP contribution in [0.2, 0.25) is 0 Å². The molecule has 1 aromatic rings. The summed E-state index contributed by atoms with van der Waals surface area (Å²) in [5.41, 5.74) is 5.71. The van der Waals surface area contributed by atoms with Crippen molar-refractivity contribution in [1.29, 1.82) is 0 Å². The van der Waals surface area contributed by atoms with Crippen molar-refractivity contribution >= 4 is 51.1 Å². The third-order valence-electron chi connectivity index (χ3n) is 2.66. The SMILES string of the molecule is CCS(=O)(=O)c1ccc(CN=C(N)NC2CC2)s1.I. The van der Waals surface area contributed by atoms with Crippen LogP contribution in [0.1, 0.15) is 24.6 Å². The quantitative estimate of drug-likeness (QED) is 0.436. The Bertz CT molecular complexity index is 550. The molecule has 0 aromatic carbocycles. The van der Waals surface area contributed by atoms with E-state index in [4.69, 9.17) is 5.73 Å². The van der Waals surface area contributed by atoms with E-state index in [2.05, 4.69) is 10.3 Å². The number of nitrogens with two attached hydrogens (primary N) is 1. The molecule has 19 heavy (non-hydrogen) atoms. The average molecular weight is 415 g/mol. The fourth-order valence-electron chi connectivity index (χ4n) is 1.40. The number of thiophene rings is 1. The van der Waals surface area contributed by atoms with Crippen molar-refractivity contribution in [1.82, 2.24) is 5.32 Å². The highest BCUT2D eigenvalue weighted by atomic mass is 127. The van der Waals surface area contributed by atoms with Crippen LogP contribution in [0.4, 0.5) is 0 Å². The number of nitrogens with zero attached hydrogens (tertiary/aromatic N) is 1. The van der Waals surface area contributed by atoms with Crippen LogP contribution < -0.4 is 11.1 Å². The lowest BCUT2D eigenvalue weighted by atomic mass is 10.5. The lowest BCUT2D eigenvalue weighted by Gasteiger charge is -2.01. The molecule has 1 fully saturated rings. The molecule has 1 aliphatic carbocycles. The smallest absolute Gasteiger partial charge is 0.189 e. The van der Waals surface area contributed by atoms with Gasteiger partial charge in [-0.1, -0.05) is 6.92 Å². The zero-order valence-corrected chi connectivity index (χ0v) is 14.6. The van der Waals surface area contributed by atoms with E-state index >= 15 is 0 Å². The molecule has 0 atom stereocenters. The van der Waals surface area contributed by atoms with Crippen molar-refractivity contribution in [2.24, 2.45) is 10.7 Å². The summed E-state index contributed by atoms with van der Waals surface area (Å²) in [4.78, 5) is 5.10. The lowest BCUT2D eigenvalue weighted by molar-refractivity contribution is 0.599. The predicted molar refractivity (Wildman–Crippen MR) is 88.9 cm³/mol. The van der Waals surface area contributed by atoms with E-state index in [-0.39, 0.29) is 29.7 Å². The molecular weight excluding hydrogens is 397 g/mol. The number of aliphatic imine (C=N–C) groups is 1. The number of nitrogens with one attached hydrogen (secondary N) is 1. The highest BCUT2D eigenvalue weighted by Crippen LogP contribution is 2.23. The summed E-state index contributed by atoms with van der Waals surface area (Å²) in [5.74, 6) is 0.563. The lowest BCUT2D eigenvalue weighted by Crippen LogP contribution is -2.33. The fourth-order valence-corrected chi connectivity index (χ4v) is 3.80. The first-order valence-electron chi connectivity index (χ1n) is 5.89. The zero-order chi connectivity index (χ0) is 13.2. The van der Waals surface area contributed by atoms with Crippen LogP contribution in [-0.4, -0.2) is 26.2 Å². The normalized spacial score (nSPS) is 15.9. The molecule has 0 bridgehead atoms. The Labute approximate surface area is 134 Å². The molecule has 1 heterocycles. The van der Waals surface area contributed by atoms with Gasteiger partial charge in [0.2, 0.25) is 0 Å². The van der Waals surface area contributed by atoms with E-state index in [1.165, 1.54) is 11.3 Å². The molecule has 1 aliphatic rings.